The van der Waals surface area contributed by atoms with Crippen LogP contribution in [-0.4, -0.2) is 53.6 Å². The Bertz CT molecular complexity index is 1190. The molecule has 0 N–H and O–H groups in total. The molecule has 0 radical (unpaired) electrons. The number of pyridine rings is 1. The van der Waals surface area contributed by atoms with Crippen LogP contribution in [0.15, 0.2) is 66.9 Å². The van der Waals surface area contributed by atoms with E-state index in [1.165, 1.54) is 5.56 Å². The molecule has 1 fully saturated rings. The van der Waals surface area contributed by atoms with E-state index in [2.05, 4.69) is 39.5 Å². The lowest BCUT2D eigenvalue weighted by atomic mass is 10.1. The van der Waals surface area contributed by atoms with E-state index in [1.54, 1.807) is 14.2 Å². The highest BCUT2D eigenvalue weighted by molar-refractivity contribution is 5.66. The summed E-state index contributed by atoms with van der Waals surface area (Å²) in [5.74, 6) is 1.71. The number of benzene rings is 2. The van der Waals surface area contributed by atoms with Gasteiger partial charge < -0.3 is 14.2 Å². The summed E-state index contributed by atoms with van der Waals surface area (Å²) in [5.41, 5.74) is 5.28. The molecule has 2 aromatic carbocycles. The highest BCUT2D eigenvalue weighted by atomic mass is 16.5. The highest BCUT2D eigenvalue weighted by Crippen LogP contribution is 2.28. The van der Waals surface area contributed by atoms with Crippen LogP contribution in [0.1, 0.15) is 17.4 Å². The maximum Gasteiger partial charge on any atom is 0.121 e. The summed E-state index contributed by atoms with van der Waals surface area (Å²) in [4.78, 5) is 2.40. The van der Waals surface area contributed by atoms with Gasteiger partial charge in [0.15, 0.2) is 0 Å². The van der Waals surface area contributed by atoms with Crippen LogP contribution >= 0.6 is 0 Å². The second kappa shape index (κ2) is 8.98. The Hall–Kier alpha value is -3.42. The van der Waals surface area contributed by atoms with Crippen LogP contribution in [0.5, 0.6) is 11.5 Å². The van der Waals surface area contributed by atoms with Gasteiger partial charge in [0.05, 0.1) is 26.3 Å². The molecule has 2 aromatic heterocycles. The van der Waals surface area contributed by atoms with E-state index in [0.717, 1.165) is 53.5 Å². The first-order valence-electron chi connectivity index (χ1n) is 10.7. The minimum atomic E-state index is -0.105. The van der Waals surface area contributed by atoms with Crippen molar-refractivity contribution in [2.45, 2.75) is 12.6 Å². The largest absolute Gasteiger partial charge is 0.497 e. The molecule has 0 aliphatic carbocycles. The fraction of sp³-hybridized carbons (Fsp3) is 0.280. The summed E-state index contributed by atoms with van der Waals surface area (Å²) in [6, 6.07) is 20.4. The van der Waals surface area contributed by atoms with E-state index in [-0.39, 0.29) is 6.10 Å². The van der Waals surface area contributed by atoms with Crippen molar-refractivity contribution in [1.29, 1.82) is 0 Å². The van der Waals surface area contributed by atoms with Crippen LogP contribution in [0.3, 0.4) is 0 Å². The summed E-state index contributed by atoms with van der Waals surface area (Å²) >= 11 is 0. The summed E-state index contributed by atoms with van der Waals surface area (Å²) in [7, 11) is 3.36. The zero-order valence-corrected chi connectivity index (χ0v) is 18.3. The van der Waals surface area contributed by atoms with Gasteiger partial charge in [-0.15, -0.1) is 5.10 Å². The maximum atomic E-state index is 6.08. The van der Waals surface area contributed by atoms with Crippen LogP contribution in [-0.2, 0) is 11.3 Å². The summed E-state index contributed by atoms with van der Waals surface area (Å²) in [5, 5.41) is 8.84. The van der Waals surface area contributed by atoms with Crippen molar-refractivity contribution in [3.63, 3.8) is 0 Å². The molecule has 7 heteroatoms. The average molecular weight is 431 g/mol. The van der Waals surface area contributed by atoms with E-state index in [9.17, 15) is 0 Å². The number of hydrogen-bond donors (Lipinski definition) is 0. The van der Waals surface area contributed by atoms with Gasteiger partial charge in [-0.25, -0.2) is 4.52 Å². The topological polar surface area (TPSA) is 61.1 Å². The minimum absolute atomic E-state index is 0.105. The van der Waals surface area contributed by atoms with Crippen molar-refractivity contribution < 1.29 is 14.2 Å². The number of aromatic nitrogens is 3. The van der Waals surface area contributed by atoms with Gasteiger partial charge in [-0.3, -0.25) is 4.90 Å². The predicted octanol–water partition coefficient (Wildman–Crippen LogP) is 3.99. The Morgan fingerprint density at radius 3 is 2.31 bits per heavy atom. The molecule has 1 unspecified atom stereocenters. The number of morpholine rings is 1. The third-order valence-electron chi connectivity index (χ3n) is 5.88. The maximum absolute atomic E-state index is 6.08. The van der Waals surface area contributed by atoms with Crippen LogP contribution in [0, 0.1) is 0 Å². The molecule has 1 aliphatic heterocycles. The molecular weight excluding hydrogens is 404 g/mol. The molecule has 0 amide bonds. The Balaban J connectivity index is 1.33. The molecule has 164 valence electrons. The van der Waals surface area contributed by atoms with Crippen molar-refractivity contribution in [3.05, 3.63) is 78.1 Å². The first-order chi connectivity index (χ1) is 15.7. The predicted molar refractivity (Wildman–Crippen MR) is 122 cm³/mol. The lowest BCUT2D eigenvalue weighted by Gasteiger charge is -2.32. The molecule has 3 heterocycles. The zero-order chi connectivity index (χ0) is 21.9. The van der Waals surface area contributed by atoms with Crippen LogP contribution in [0.25, 0.3) is 16.6 Å². The molecule has 32 heavy (non-hydrogen) atoms. The minimum Gasteiger partial charge on any atom is -0.497 e. The van der Waals surface area contributed by atoms with Gasteiger partial charge in [0.25, 0.3) is 0 Å². The summed E-state index contributed by atoms with van der Waals surface area (Å²) in [6.45, 7) is 3.21. The fourth-order valence-corrected chi connectivity index (χ4v) is 4.10. The van der Waals surface area contributed by atoms with Gasteiger partial charge in [0, 0.05) is 31.4 Å². The molecule has 4 aromatic rings. The Labute approximate surface area is 187 Å². The van der Waals surface area contributed by atoms with Crippen LogP contribution in [0.4, 0.5) is 0 Å². The number of hydrogen-bond acceptors (Lipinski definition) is 6. The Morgan fingerprint density at radius 2 is 1.59 bits per heavy atom. The van der Waals surface area contributed by atoms with Crippen molar-refractivity contribution in [1.82, 2.24) is 19.7 Å². The normalized spacial score (nSPS) is 16.9. The molecule has 1 saturated heterocycles. The van der Waals surface area contributed by atoms with Gasteiger partial charge in [-0.05, 0) is 41.5 Å². The third-order valence-corrected chi connectivity index (χ3v) is 5.88. The quantitative estimate of drug-likeness (QED) is 0.461. The number of ether oxygens (including phenoxy) is 3. The second-order valence-corrected chi connectivity index (χ2v) is 7.89. The van der Waals surface area contributed by atoms with Crippen LogP contribution < -0.4 is 9.47 Å². The van der Waals surface area contributed by atoms with Crippen LogP contribution in [0.2, 0.25) is 0 Å². The Kier molecular flexibility index (Phi) is 5.75. The summed E-state index contributed by atoms with van der Waals surface area (Å²) in [6.07, 6.45) is 1.90. The average Bonchev–Trinajstić information content (AvgIpc) is 3.28. The van der Waals surface area contributed by atoms with Crippen molar-refractivity contribution in [2.75, 3.05) is 33.9 Å². The molecule has 0 saturated carbocycles. The lowest BCUT2D eigenvalue weighted by Crippen LogP contribution is -2.38. The lowest BCUT2D eigenvalue weighted by molar-refractivity contribution is -0.0343. The van der Waals surface area contributed by atoms with Gasteiger partial charge in [0.2, 0.25) is 0 Å². The van der Waals surface area contributed by atoms with Crippen molar-refractivity contribution >= 4 is 5.52 Å². The van der Waals surface area contributed by atoms with Crippen molar-refractivity contribution in [3.8, 4) is 22.6 Å². The first kappa shape index (κ1) is 20.5. The number of rotatable bonds is 6. The molecule has 5 rings (SSSR count). The SMILES string of the molecule is COc1ccc(CN2CCOC(c3nnn4cc(-c5ccc(OC)cc5)ccc34)C2)cc1. The van der Waals surface area contributed by atoms with Crippen molar-refractivity contribution in [2.24, 2.45) is 0 Å². The van der Waals surface area contributed by atoms with E-state index in [4.69, 9.17) is 14.2 Å². The summed E-state index contributed by atoms with van der Waals surface area (Å²) < 4.78 is 18.4. The van der Waals surface area contributed by atoms with E-state index >= 15 is 0 Å². The number of fused-ring (bicyclic) bond motifs is 1. The second-order valence-electron chi connectivity index (χ2n) is 7.89. The smallest absolute Gasteiger partial charge is 0.121 e. The number of nitrogens with zero attached hydrogens (tertiary/aromatic N) is 4. The monoisotopic (exact) mass is 430 g/mol. The molecule has 1 aliphatic rings. The number of methoxy groups -OCH3 is 2. The molecule has 1 atom stereocenters. The first-order valence-corrected chi connectivity index (χ1v) is 10.7. The molecular formula is C25H26N4O3. The molecule has 7 nitrogen and oxygen atoms in total. The van der Waals surface area contributed by atoms with E-state index in [0.29, 0.717) is 6.61 Å². The standard InChI is InChI=1S/C25H26N4O3/c1-30-21-8-3-18(4-9-21)15-28-13-14-32-24(17-28)25-23-12-7-20(16-29(23)27-26-25)19-5-10-22(31-2)11-6-19/h3-12,16,24H,13-15,17H2,1-2H3. The molecule has 0 spiro atoms. The van der Waals surface area contributed by atoms with E-state index < -0.39 is 0 Å². The zero-order valence-electron chi connectivity index (χ0n) is 18.3. The van der Waals surface area contributed by atoms with Gasteiger partial charge in [0.1, 0.15) is 23.3 Å². The van der Waals surface area contributed by atoms with Gasteiger partial charge >= 0.3 is 0 Å². The van der Waals surface area contributed by atoms with Gasteiger partial charge in [-0.2, -0.15) is 0 Å². The van der Waals surface area contributed by atoms with Gasteiger partial charge in [-0.1, -0.05) is 35.5 Å². The fourth-order valence-electron chi connectivity index (χ4n) is 4.10. The third kappa shape index (κ3) is 4.17. The Morgan fingerprint density at radius 1 is 0.906 bits per heavy atom. The highest BCUT2D eigenvalue weighted by Gasteiger charge is 2.26. The van der Waals surface area contributed by atoms with E-state index in [1.807, 2.05) is 47.1 Å². The molecule has 0 bridgehead atoms.